The molecule has 1 aliphatic carbocycles. The molecule has 4 rings (SSSR count). The Morgan fingerprint density at radius 3 is 2.40 bits per heavy atom. The molecule has 240 valence electrons. The van der Waals surface area contributed by atoms with E-state index in [0.717, 1.165) is 36.1 Å². The van der Waals surface area contributed by atoms with Crippen LogP contribution in [0.2, 0.25) is 10.0 Å². The van der Waals surface area contributed by atoms with Gasteiger partial charge in [0.05, 0.1) is 22.6 Å². The number of hydrogen-bond acceptors (Lipinski definition) is 7. The summed E-state index contributed by atoms with van der Waals surface area (Å²) in [6, 6.07) is 13.6. The number of halogens is 2. The molecule has 0 saturated heterocycles. The molecule has 0 bridgehead atoms. The number of nitro benzene ring substituents is 1. The van der Waals surface area contributed by atoms with Crippen molar-refractivity contribution in [1.29, 1.82) is 0 Å². The third kappa shape index (κ3) is 8.05. The van der Waals surface area contributed by atoms with Gasteiger partial charge in [-0.3, -0.25) is 24.0 Å². The number of rotatable bonds is 12. The molecule has 0 heterocycles. The highest BCUT2D eigenvalue weighted by Crippen LogP contribution is 2.36. The molecule has 3 aromatic rings. The summed E-state index contributed by atoms with van der Waals surface area (Å²) in [4.78, 5) is 39.5. The number of ether oxygens (including phenoxy) is 1. The number of nitrogens with one attached hydrogen (secondary N) is 1. The van der Waals surface area contributed by atoms with Gasteiger partial charge < -0.3 is 15.0 Å². The maximum absolute atomic E-state index is 14.2. The largest absolute Gasteiger partial charge is 0.495 e. The van der Waals surface area contributed by atoms with Crippen molar-refractivity contribution in [3.63, 3.8) is 0 Å². The zero-order valence-corrected chi connectivity index (χ0v) is 27.4. The average Bonchev–Trinajstić information content (AvgIpc) is 3.51. The first-order valence-corrected chi connectivity index (χ1v) is 16.5. The minimum absolute atomic E-state index is 0.00648. The number of carbonyl (C=O) groups is 2. The number of nitro groups is 1. The minimum atomic E-state index is -4.63. The Labute approximate surface area is 272 Å². The van der Waals surface area contributed by atoms with Gasteiger partial charge in [-0.05, 0) is 68.7 Å². The van der Waals surface area contributed by atoms with E-state index in [4.69, 9.17) is 27.9 Å². The van der Waals surface area contributed by atoms with E-state index in [0.29, 0.717) is 10.6 Å². The minimum Gasteiger partial charge on any atom is -0.495 e. The standard InChI is InChI=1S/C31H34Cl2N4O7S/c1-20-11-13-26(17-27(20)37(40)41)45(42,43)36(28-16-24(33)12-14-29(28)44-3)19-30(38)35(18-22-7-6-8-23(32)15-22)21(2)31(39)34-25-9-4-5-10-25/h6-8,11-17,21,25H,4-5,9-10,18-19H2,1-3H3,(H,34,39). The van der Waals surface area contributed by atoms with Crippen LogP contribution >= 0.6 is 23.2 Å². The second-order valence-electron chi connectivity index (χ2n) is 10.9. The lowest BCUT2D eigenvalue weighted by Crippen LogP contribution is -2.52. The van der Waals surface area contributed by atoms with E-state index >= 15 is 0 Å². The normalized spacial score (nSPS) is 14.1. The summed E-state index contributed by atoms with van der Waals surface area (Å²) in [7, 11) is -3.30. The Morgan fingerprint density at radius 1 is 1.07 bits per heavy atom. The smallest absolute Gasteiger partial charge is 0.273 e. The van der Waals surface area contributed by atoms with Gasteiger partial charge in [0.1, 0.15) is 18.3 Å². The number of anilines is 1. The van der Waals surface area contributed by atoms with Gasteiger partial charge in [-0.2, -0.15) is 0 Å². The molecule has 0 aromatic heterocycles. The number of nitrogens with zero attached hydrogens (tertiary/aromatic N) is 3. The van der Waals surface area contributed by atoms with Gasteiger partial charge in [0, 0.05) is 34.3 Å². The number of benzene rings is 3. The maximum atomic E-state index is 14.2. The number of carbonyl (C=O) groups excluding carboxylic acids is 2. The summed E-state index contributed by atoms with van der Waals surface area (Å²) in [6.45, 7) is 2.24. The third-order valence-corrected chi connectivity index (χ3v) is 9.99. The first-order valence-electron chi connectivity index (χ1n) is 14.3. The Morgan fingerprint density at radius 2 is 1.76 bits per heavy atom. The highest BCUT2D eigenvalue weighted by Gasteiger charge is 2.35. The van der Waals surface area contributed by atoms with E-state index in [1.54, 1.807) is 31.2 Å². The Kier molecular flexibility index (Phi) is 10.9. The summed E-state index contributed by atoms with van der Waals surface area (Å²) in [6.07, 6.45) is 3.67. The molecule has 1 unspecified atom stereocenters. The molecule has 45 heavy (non-hydrogen) atoms. The lowest BCUT2D eigenvalue weighted by Gasteiger charge is -2.33. The van der Waals surface area contributed by atoms with Crippen LogP contribution in [0.3, 0.4) is 0 Å². The van der Waals surface area contributed by atoms with Gasteiger partial charge in [0.2, 0.25) is 11.8 Å². The van der Waals surface area contributed by atoms with Crippen molar-refractivity contribution in [3.8, 4) is 5.75 Å². The summed E-state index contributed by atoms with van der Waals surface area (Å²) < 4.78 is 34.7. The SMILES string of the molecule is COc1ccc(Cl)cc1N(CC(=O)N(Cc1cccc(Cl)c1)C(C)C(=O)NC1CCCC1)S(=O)(=O)c1ccc(C)c([N+](=O)[O-])c1. The molecular weight excluding hydrogens is 643 g/mol. The van der Waals surface area contributed by atoms with Crippen molar-refractivity contribution in [3.05, 3.63) is 92.0 Å². The molecule has 0 aliphatic heterocycles. The molecule has 11 nitrogen and oxygen atoms in total. The number of amides is 2. The Bertz CT molecular complexity index is 1700. The van der Waals surface area contributed by atoms with Crippen LogP contribution in [0.5, 0.6) is 5.75 Å². The predicted octanol–water partition coefficient (Wildman–Crippen LogP) is 5.89. The topological polar surface area (TPSA) is 139 Å². The van der Waals surface area contributed by atoms with E-state index < -0.39 is 44.0 Å². The molecule has 1 saturated carbocycles. The second kappa shape index (κ2) is 14.5. The molecular formula is C31H34Cl2N4O7S. The lowest BCUT2D eigenvalue weighted by atomic mass is 10.1. The van der Waals surface area contributed by atoms with Crippen LogP contribution in [0.4, 0.5) is 11.4 Å². The van der Waals surface area contributed by atoms with Gasteiger partial charge >= 0.3 is 0 Å². The zero-order chi connectivity index (χ0) is 32.9. The van der Waals surface area contributed by atoms with E-state index in [1.165, 1.54) is 49.3 Å². The van der Waals surface area contributed by atoms with Crippen LogP contribution in [-0.4, -0.2) is 55.8 Å². The van der Waals surface area contributed by atoms with Crippen molar-refractivity contribution in [2.24, 2.45) is 0 Å². The van der Waals surface area contributed by atoms with Gasteiger partial charge in [0.25, 0.3) is 15.7 Å². The molecule has 1 atom stereocenters. The van der Waals surface area contributed by atoms with Crippen molar-refractivity contribution < 1.29 is 27.7 Å². The highest BCUT2D eigenvalue weighted by atomic mass is 35.5. The van der Waals surface area contributed by atoms with Gasteiger partial charge in [0.15, 0.2) is 0 Å². The van der Waals surface area contributed by atoms with Crippen LogP contribution in [-0.2, 0) is 26.2 Å². The zero-order valence-electron chi connectivity index (χ0n) is 25.0. The molecule has 14 heteroatoms. The predicted molar refractivity (Wildman–Crippen MR) is 172 cm³/mol. The fraction of sp³-hybridized carbons (Fsp3) is 0.355. The Balaban J connectivity index is 1.79. The number of hydrogen-bond donors (Lipinski definition) is 1. The first-order chi connectivity index (χ1) is 21.3. The van der Waals surface area contributed by atoms with E-state index in [1.807, 2.05) is 0 Å². The fourth-order valence-electron chi connectivity index (χ4n) is 5.25. The monoisotopic (exact) mass is 676 g/mol. The van der Waals surface area contributed by atoms with Crippen molar-refractivity contribution in [2.75, 3.05) is 18.0 Å². The number of sulfonamides is 1. The molecule has 3 aromatic carbocycles. The van der Waals surface area contributed by atoms with Crippen molar-refractivity contribution in [2.45, 2.75) is 63.1 Å². The van der Waals surface area contributed by atoms with E-state index in [9.17, 15) is 28.1 Å². The second-order valence-corrected chi connectivity index (χ2v) is 13.6. The molecule has 0 spiro atoms. The summed E-state index contributed by atoms with van der Waals surface area (Å²) in [5.74, 6) is -0.997. The Hall–Kier alpha value is -3.87. The molecule has 1 fully saturated rings. The highest BCUT2D eigenvalue weighted by molar-refractivity contribution is 7.92. The first kappa shape index (κ1) is 34.0. The van der Waals surface area contributed by atoms with Crippen LogP contribution in [0, 0.1) is 17.0 Å². The molecule has 2 amide bonds. The lowest BCUT2D eigenvalue weighted by molar-refractivity contribution is -0.385. The number of methoxy groups -OCH3 is 1. The molecule has 1 aliphatic rings. The van der Waals surface area contributed by atoms with Gasteiger partial charge in [-0.25, -0.2) is 8.42 Å². The fourth-order valence-corrected chi connectivity index (χ4v) is 7.07. The summed E-state index contributed by atoms with van der Waals surface area (Å²) >= 11 is 12.5. The van der Waals surface area contributed by atoms with Crippen LogP contribution in [0.25, 0.3) is 0 Å². The van der Waals surface area contributed by atoms with Crippen molar-refractivity contribution in [1.82, 2.24) is 10.2 Å². The quantitative estimate of drug-likeness (QED) is 0.186. The summed E-state index contributed by atoms with van der Waals surface area (Å²) in [5.41, 5.74) is 0.421. The summed E-state index contributed by atoms with van der Waals surface area (Å²) in [5, 5.41) is 15.3. The molecule has 0 radical (unpaired) electrons. The van der Waals surface area contributed by atoms with E-state index in [2.05, 4.69) is 5.32 Å². The molecule has 1 N–H and O–H groups in total. The van der Waals surface area contributed by atoms with Gasteiger partial charge in [-0.1, -0.05) is 54.2 Å². The van der Waals surface area contributed by atoms with Gasteiger partial charge in [-0.15, -0.1) is 0 Å². The number of aryl methyl sites for hydroxylation is 1. The third-order valence-electron chi connectivity index (χ3n) is 7.76. The average molecular weight is 678 g/mol. The maximum Gasteiger partial charge on any atom is 0.273 e. The van der Waals surface area contributed by atoms with E-state index in [-0.39, 0.29) is 40.5 Å². The van der Waals surface area contributed by atoms with Crippen LogP contribution in [0.1, 0.15) is 43.7 Å². The van der Waals surface area contributed by atoms with Crippen molar-refractivity contribution >= 4 is 56.4 Å². The van der Waals surface area contributed by atoms with Crippen LogP contribution in [0.15, 0.2) is 65.6 Å². The van der Waals surface area contributed by atoms with Crippen LogP contribution < -0.4 is 14.4 Å².